The smallest absolute Gasteiger partial charge is 0.342 e. The number of primary amides is 1. The van der Waals surface area contributed by atoms with E-state index in [-0.39, 0.29) is 23.7 Å². The molecule has 0 saturated heterocycles. The summed E-state index contributed by atoms with van der Waals surface area (Å²) >= 11 is 0. The standard InChI is InChI=1S/C10H15N5O3/c11-7(16)5-1-3-6(4-2-5)12-8-9(17)13-10(18)15-14-8/h5-6H,1-4H2,(H2,11,16)(H,12,14)(H2,13,15,17,18). The number of nitrogens with zero attached hydrogens (tertiary/aromatic N) is 1. The molecule has 1 aromatic rings. The predicted octanol–water partition coefficient (Wildman–Crippen LogP) is -1.09. The van der Waals surface area contributed by atoms with Gasteiger partial charge in [0.15, 0.2) is 0 Å². The first-order valence-corrected chi connectivity index (χ1v) is 5.81. The molecule has 0 spiro atoms. The van der Waals surface area contributed by atoms with Crippen LogP contribution in [0.5, 0.6) is 0 Å². The van der Waals surface area contributed by atoms with Gasteiger partial charge in [0.2, 0.25) is 11.7 Å². The highest BCUT2D eigenvalue weighted by Crippen LogP contribution is 2.25. The molecule has 2 rings (SSSR count). The van der Waals surface area contributed by atoms with Gasteiger partial charge in [-0.15, -0.1) is 5.10 Å². The monoisotopic (exact) mass is 253 g/mol. The molecule has 18 heavy (non-hydrogen) atoms. The van der Waals surface area contributed by atoms with E-state index in [4.69, 9.17) is 5.73 Å². The van der Waals surface area contributed by atoms with Gasteiger partial charge in [-0.1, -0.05) is 0 Å². The summed E-state index contributed by atoms with van der Waals surface area (Å²) in [6.45, 7) is 0. The van der Waals surface area contributed by atoms with Crippen LogP contribution in [0, 0.1) is 5.92 Å². The number of hydrogen-bond acceptors (Lipinski definition) is 5. The molecule has 0 radical (unpaired) electrons. The SMILES string of the molecule is NC(=O)C1CCC(Nc2n[nH]c(=O)[nH]c2=O)CC1. The van der Waals surface area contributed by atoms with Gasteiger partial charge in [-0.2, -0.15) is 0 Å². The van der Waals surface area contributed by atoms with Crippen molar-refractivity contribution in [2.24, 2.45) is 11.7 Å². The summed E-state index contributed by atoms with van der Waals surface area (Å²) in [6, 6.07) is 0.0695. The zero-order chi connectivity index (χ0) is 13.1. The number of nitrogens with one attached hydrogen (secondary N) is 3. The summed E-state index contributed by atoms with van der Waals surface area (Å²) in [7, 11) is 0. The Morgan fingerprint density at radius 3 is 2.50 bits per heavy atom. The third-order valence-corrected chi connectivity index (χ3v) is 3.18. The third kappa shape index (κ3) is 2.76. The molecule has 5 N–H and O–H groups in total. The van der Waals surface area contributed by atoms with Crippen LogP contribution in [0.25, 0.3) is 0 Å². The van der Waals surface area contributed by atoms with Crippen LogP contribution in [-0.4, -0.2) is 27.1 Å². The van der Waals surface area contributed by atoms with Gasteiger partial charge in [-0.3, -0.25) is 14.6 Å². The molecule has 0 aromatic carbocycles. The van der Waals surface area contributed by atoms with Crippen molar-refractivity contribution >= 4 is 11.7 Å². The molecule has 1 heterocycles. The maximum Gasteiger partial charge on any atom is 0.342 e. The minimum absolute atomic E-state index is 0.0695. The second-order valence-electron chi connectivity index (χ2n) is 4.45. The Morgan fingerprint density at radius 1 is 1.28 bits per heavy atom. The van der Waals surface area contributed by atoms with Crippen molar-refractivity contribution < 1.29 is 4.79 Å². The van der Waals surface area contributed by atoms with Crippen molar-refractivity contribution in [1.82, 2.24) is 15.2 Å². The Hall–Kier alpha value is -2.12. The van der Waals surface area contributed by atoms with E-state index in [9.17, 15) is 14.4 Å². The van der Waals surface area contributed by atoms with Gasteiger partial charge in [-0.25, -0.2) is 9.89 Å². The Bertz CT molecular complexity index is 541. The van der Waals surface area contributed by atoms with E-state index < -0.39 is 11.2 Å². The molecular weight excluding hydrogens is 238 g/mol. The Balaban J connectivity index is 1.97. The fraction of sp³-hybridized carbons (Fsp3) is 0.600. The Kier molecular flexibility index (Phi) is 3.45. The first-order chi connectivity index (χ1) is 8.56. The first-order valence-electron chi connectivity index (χ1n) is 5.81. The summed E-state index contributed by atoms with van der Waals surface area (Å²) < 4.78 is 0. The fourth-order valence-electron chi connectivity index (χ4n) is 2.16. The maximum atomic E-state index is 11.4. The van der Waals surface area contributed by atoms with Crippen LogP contribution >= 0.6 is 0 Å². The van der Waals surface area contributed by atoms with Crippen molar-refractivity contribution in [3.05, 3.63) is 20.8 Å². The molecule has 0 aliphatic heterocycles. The minimum atomic E-state index is -0.636. The van der Waals surface area contributed by atoms with E-state index >= 15 is 0 Å². The van der Waals surface area contributed by atoms with E-state index in [1.807, 2.05) is 0 Å². The minimum Gasteiger partial charge on any atom is -0.369 e. The highest BCUT2D eigenvalue weighted by atomic mass is 16.2. The van der Waals surface area contributed by atoms with Gasteiger partial charge in [0.05, 0.1) is 0 Å². The molecular formula is C10H15N5O3. The van der Waals surface area contributed by atoms with Crippen LogP contribution in [0.4, 0.5) is 5.82 Å². The van der Waals surface area contributed by atoms with Crippen LogP contribution in [0.2, 0.25) is 0 Å². The van der Waals surface area contributed by atoms with Gasteiger partial charge in [-0.05, 0) is 25.7 Å². The van der Waals surface area contributed by atoms with Crippen molar-refractivity contribution in [1.29, 1.82) is 0 Å². The first kappa shape index (κ1) is 12.3. The molecule has 1 aliphatic carbocycles. The largest absolute Gasteiger partial charge is 0.369 e. The fourth-order valence-corrected chi connectivity index (χ4v) is 2.16. The van der Waals surface area contributed by atoms with Gasteiger partial charge in [0, 0.05) is 12.0 Å². The molecule has 1 amide bonds. The normalized spacial score (nSPS) is 23.6. The van der Waals surface area contributed by atoms with Crippen molar-refractivity contribution in [2.45, 2.75) is 31.7 Å². The summed E-state index contributed by atoms with van der Waals surface area (Å²) in [5.74, 6) is -0.254. The zero-order valence-corrected chi connectivity index (χ0v) is 9.73. The number of aromatic amines is 2. The number of nitrogens with two attached hydrogens (primary N) is 1. The van der Waals surface area contributed by atoms with E-state index in [0.29, 0.717) is 12.8 Å². The second-order valence-corrected chi connectivity index (χ2v) is 4.45. The number of rotatable bonds is 3. The quantitative estimate of drug-likeness (QED) is 0.543. The number of anilines is 1. The maximum absolute atomic E-state index is 11.4. The summed E-state index contributed by atoms with van der Waals surface area (Å²) in [5, 5.41) is 8.76. The molecule has 8 nitrogen and oxygen atoms in total. The van der Waals surface area contributed by atoms with E-state index in [2.05, 4.69) is 20.5 Å². The molecule has 1 aliphatic rings. The van der Waals surface area contributed by atoms with Crippen LogP contribution in [0.3, 0.4) is 0 Å². The van der Waals surface area contributed by atoms with Gasteiger partial charge in [0.1, 0.15) is 0 Å². The highest BCUT2D eigenvalue weighted by molar-refractivity contribution is 5.76. The molecule has 0 atom stereocenters. The molecule has 1 saturated carbocycles. The van der Waals surface area contributed by atoms with Crippen molar-refractivity contribution in [2.75, 3.05) is 5.32 Å². The van der Waals surface area contributed by atoms with Crippen molar-refractivity contribution in [3.8, 4) is 0 Å². The van der Waals surface area contributed by atoms with Crippen LogP contribution in [0.15, 0.2) is 9.59 Å². The summed E-state index contributed by atoms with van der Waals surface area (Å²) in [5.41, 5.74) is 4.06. The number of amides is 1. The van der Waals surface area contributed by atoms with Crippen LogP contribution < -0.4 is 22.3 Å². The number of H-pyrrole nitrogens is 2. The Morgan fingerprint density at radius 2 is 1.94 bits per heavy atom. The zero-order valence-electron chi connectivity index (χ0n) is 9.73. The molecule has 1 aromatic heterocycles. The lowest BCUT2D eigenvalue weighted by Gasteiger charge is -2.27. The molecule has 98 valence electrons. The van der Waals surface area contributed by atoms with Gasteiger partial charge < -0.3 is 11.1 Å². The van der Waals surface area contributed by atoms with Gasteiger partial charge in [0.25, 0.3) is 5.56 Å². The van der Waals surface area contributed by atoms with Crippen LogP contribution in [-0.2, 0) is 4.79 Å². The number of hydrogen-bond donors (Lipinski definition) is 4. The number of carbonyl (C=O) groups is 1. The number of aromatic nitrogens is 3. The predicted molar refractivity (Wildman–Crippen MR) is 64.0 cm³/mol. The van der Waals surface area contributed by atoms with Gasteiger partial charge >= 0.3 is 5.69 Å². The summed E-state index contributed by atoms with van der Waals surface area (Å²) in [6.07, 6.45) is 2.89. The highest BCUT2D eigenvalue weighted by Gasteiger charge is 2.25. The van der Waals surface area contributed by atoms with E-state index in [1.165, 1.54) is 0 Å². The average Bonchev–Trinajstić information content (AvgIpc) is 2.33. The number of carbonyl (C=O) groups excluding carboxylic acids is 1. The average molecular weight is 253 g/mol. The third-order valence-electron chi connectivity index (χ3n) is 3.18. The molecule has 0 unspecified atom stereocenters. The lowest BCUT2D eigenvalue weighted by Crippen LogP contribution is -2.35. The van der Waals surface area contributed by atoms with E-state index in [0.717, 1.165) is 12.8 Å². The molecule has 0 bridgehead atoms. The lowest BCUT2D eigenvalue weighted by atomic mass is 9.85. The van der Waals surface area contributed by atoms with Crippen molar-refractivity contribution in [3.63, 3.8) is 0 Å². The molecule has 8 heteroatoms. The topological polar surface area (TPSA) is 134 Å². The molecule has 1 fully saturated rings. The summed E-state index contributed by atoms with van der Waals surface area (Å²) in [4.78, 5) is 35.3. The van der Waals surface area contributed by atoms with E-state index in [1.54, 1.807) is 0 Å². The Labute approximate surface area is 102 Å². The van der Waals surface area contributed by atoms with Crippen LogP contribution in [0.1, 0.15) is 25.7 Å². The lowest BCUT2D eigenvalue weighted by molar-refractivity contribution is -0.122. The second kappa shape index (κ2) is 5.03.